The Morgan fingerprint density at radius 1 is 0.824 bits per heavy atom. The molecule has 0 spiro atoms. The minimum absolute atomic E-state index is 0.177. The Kier molecular flexibility index (Phi) is 6.14. The molecule has 3 aromatic carbocycles. The maximum Gasteiger partial charge on any atom is 0.163 e. The molecule has 1 aliphatic carbocycles. The molecule has 0 aromatic heterocycles. The third-order valence-electron chi connectivity index (χ3n) is 7.21. The van der Waals surface area contributed by atoms with E-state index in [-0.39, 0.29) is 17.7 Å². The molecule has 2 aliphatic rings. The summed E-state index contributed by atoms with van der Waals surface area (Å²) in [4.78, 5) is 16.0. The van der Waals surface area contributed by atoms with Gasteiger partial charge in [-0.3, -0.25) is 4.79 Å². The van der Waals surface area contributed by atoms with E-state index < -0.39 is 0 Å². The van der Waals surface area contributed by atoms with Gasteiger partial charge in [-0.2, -0.15) is 0 Å². The fourth-order valence-corrected chi connectivity index (χ4v) is 5.28. The Labute approximate surface area is 202 Å². The molecule has 4 nitrogen and oxygen atoms in total. The highest BCUT2D eigenvalue weighted by Crippen LogP contribution is 2.44. The largest absolute Gasteiger partial charge is 0.372 e. The highest BCUT2D eigenvalue weighted by Gasteiger charge is 2.36. The predicted octanol–water partition coefficient (Wildman–Crippen LogP) is 6.82. The van der Waals surface area contributed by atoms with Crippen molar-refractivity contribution in [3.05, 3.63) is 101 Å². The second-order valence-corrected chi connectivity index (χ2v) is 9.34. The van der Waals surface area contributed by atoms with Crippen molar-refractivity contribution in [1.29, 1.82) is 0 Å². The molecule has 2 N–H and O–H groups in total. The molecule has 0 bridgehead atoms. The summed E-state index contributed by atoms with van der Waals surface area (Å²) in [6.45, 7) is 8.40. The van der Waals surface area contributed by atoms with Crippen LogP contribution >= 0.6 is 0 Å². The first-order valence-corrected chi connectivity index (χ1v) is 12.4. The fourth-order valence-electron chi connectivity index (χ4n) is 5.28. The monoisotopic (exact) mass is 451 g/mol. The number of hydrogen-bond donors (Lipinski definition) is 2. The topological polar surface area (TPSA) is 44.4 Å². The first-order valence-electron chi connectivity index (χ1n) is 12.4. The van der Waals surface area contributed by atoms with Crippen LogP contribution in [0, 0.1) is 6.92 Å². The lowest BCUT2D eigenvalue weighted by Crippen LogP contribution is -2.27. The van der Waals surface area contributed by atoms with Crippen molar-refractivity contribution in [2.45, 2.75) is 45.6 Å². The number of allylic oxidation sites excluding steroid dienone is 1. The number of Topliss-reactive ketones (excluding diaryl/α,β-unsaturated/α-hetero) is 1. The van der Waals surface area contributed by atoms with Gasteiger partial charge >= 0.3 is 0 Å². The van der Waals surface area contributed by atoms with Gasteiger partial charge in [-0.05, 0) is 68.5 Å². The van der Waals surface area contributed by atoms with E-state index >= 15 is 0 Å². The molecule has 1 heterocycles. The third kappa shape index (κ3) is 4.21. The van der Waals surface area contributed by atoms with E-state index in [0.717, 1.165) is 47.7 Å². The molecule has 5 rings (SSSR count). The van der Waals surface area contributed by atoms with Crippen molar-refractivity contribution >= 4 is 22.8 Å². The molecule has 34 heavy (non-hydrogen) atoms. The minimum Gasteiger partial charge on any atom is -0.372 e. The molecule has 0 fully saturated rings. The number of anilines is 3. The molecule has 4 heteroatoms. The standard InChI is InChI=1S/C30H33N3O/c1-4-33(5-2)24-16-14-22(15-17-24)30-29-27(31-25-8-6-7-9-26(25)32-30)18-23(19-28(29)34)21-12-10-20(3)11-13-21/h6-17,23,30-32H,4-5,18-19H2,1-3H3. The summed E-state index contributed by atoms with van der Waals surface area (Å²) in [5.74, 6) is 0.410. The zero-order chi connectivity index (χ0) is 23.7. The quantitative estimate of drug-likeness (QED) is 0.447. The van der Waals surface area contributed by atoms with Gasteiger partial charge in [0.2, 0.25) is 0 Å². The van der Waals surface area contributed by atoms with Crippen LogP contribution in [0.5, 0.6) is 0 Å². The molecule has 1 aliphatic heterocycles. The SMILES string of the molecule is CCN(CC)c1ccc(C2Nc3ccccc3NC3=C2C(=O)CC(c2ccc(C)cc2)C3)cc1. The summed E-state index contributed by atoms with van der Waals surface area (Å²) < 4.78 is 0. The number of fused-ring (bicyclic) bond motifs is 1. The molecule has 2 atom stereocenters. The number of ketones is 1. The second kappa shape index (κ2) is 9.38. The summed E-state index contributed by atoms with van der Waals surface area (Å²) in [6, 6.07) is 25.4. The minimum atomic E-state index is -0.177. The van der Waals surface area contributed by atoms with Crippen molar-refractivity contribution in [3.63, 3.8) is 0 Å². The van der Waals surface area contributed by atoms with Crippen LogP contribution < -0.4 is 15.5 Å². The van der Waals surface area contributed by atoms with Gasteiger partial charge in [0.15, 0.2) is 5.78 Å². The van der Waals surface area contributed by atoms with Crippen LogP contribution in [0.15, 0.2) is 84.1 Å². The molecule has 0 saturated heterocycles. The van der Waals surface area contributed by atoms with E-state index in [0.29, 0.717) is 6.42 Å². The number of hydrogen-bond acceptors (Lipinski definition) is 4. The Hall–Kier alpha value is -3.53. The summed E-state index contributed by atoms with van der Waals surface area (Å²) in [6.07, 6.45) is 1.36. The molecular formula is C30H33N3O. The van der Waals surface area contributed by atoms with Crippen LogP contribution in [0.25, 0.3) is 0 Å². The average molecular weight is 452 g/mol. The van der Waals surface area contributed by atoms with Crippen molar-refractivity contribution in [2.24, 2.45) is 0 Å². The van der Waals surface area contributed by atoms with Crippen LogP contribution in [0.3, 0.4) is 0 Å². The smallest absolute Gasteiger partial charge is 0.163 e. The zero-order valence-corrected chi connectivity index (χ0v) is 20.3. The molecule has 174 valence electrons. The van der Waals surface area contributed by atoms with Crippen LogP contribution in [-0.4, -0.2) is 18.9 Å². The van der Waals surface area contributed by atoms with Crippen molar-refractivity contribution in [2.75, 3.05) is 28.6 Å². The van der Waals surface area contributed by atoms with E-state index in [1.807, 2.05) is 12.1 Å². The first kappa shape index (κ1) is 22.3. The Morgan fingerprint density at radius 3 is 2.15 bits per heavy atom. The van der Waals surface area contributed by atoms with Crippen molar-refractivity contribution < 1.29 is 4.79 Å². The number of carbonyl (C=O) groups is 1. The number of benzene rings is 3. The molecular weight excluding hydrogens is 418 g/mol. The van der Waals surface area contributed by atoms with E-state index in [1.165, 1.54) is 16.8 Å². The first-order chi connectivity index (χ1) is 16.6. The van der Waals surface area contributed by atoms with Gasteiger partial charge in [-0.25, -0.2) is 0 Å². The van der Waals surface area contributed by atoms with Crippen LogP contribution in [0.1, 0.15) is 55.3 Å². The average Bonchev–Trinajstić information content (AvgIpc) is 3.02. The van der Waals surface area contributed by atoms with Gasteiger partial charge in [0.05, 0.1) is 17.4 Å². The predicted molar refractivity (Wildman–Crippen MR) is 142 cm³/mol. The van der Waals surface area contributed by atoms with Gasteiger partial charge in [-0.15, -0.1) is 0 Å². The Balaban J connectivity index is 1.55. The van der Waals surface area contributed by atoms with Crippen LogP contribution in [-0.2, 0) is 4.79 Å². The third-order valence-corrected chi connectivity index (χ3v) is 7.21. The Morgan fingerprint density at radius 2 is 1.47 bits per heavy atom. The zero-order valence-electron chi connectivity index (χ0n) is 20.3. The molecule has 0 amide bonds. The van der Waals surface area contributed by atoms with E-state index in [2.05, 4.69) is 97.0 Å². The summed E-state index contributed by atoms with van der Waals surface area (Å²) in [5, 5.41) is 7.33. The number of para-hydroxylation sites is 2. The molecule has 2 unspecified atom stereocenters. The maximum absolute atomic E-state index is 13.7. The van der Waals surface area contributed by atoms with Gasteiger partial charge in [0.1, 0.15) is 0 Å². The van der Waals surface area contributed by atoms with E-state index in [1.54, 1.807) is 0 Å². The maximum atomic E-state index is 13.7. The van der Waals surface area contributed by atoms with Crippen LogP contribution in [0.4, 0.5) is 17.1 Å². The van der Waals surface area contributed by atoms with Crippen LogP contribution in [0.2, 0.25) is 0 Å². The normalized spacial score (nSPS) is 19.4. The summed E-state index contributed by atoms with van der Waals surface area (Å²) in [5.41, 5.74) is 8.76. The molecule has 0 radical (unpaired) electrons. The van der Waals surface area contributed by atoms with E-state index in [9.17, 15) is 4.79 Å². The van der Waals surface area contributed by atoms with Gasteiger partial charge in [0.25, 0.3) is 0 Å². The lowest BCUT2D eigenvalue weighted by molar-refractivity contribution is -0.116. The Bertz CT molecular complexity index is 1210. The number of rotatable bonds is 5. The second-order valence-electron chi connectivity index (χ2n) is 9.34. The number of aryl methyl sites for hydroxylation is 1. The number of carbonyl (C=O) groups excluding carboxylic acids is 1. The van der Waals surface area contributed by atoms with Gasteiger partial charge in [0, 0.05) is 36.5 Å². The summed E-state index contributed by atoms with van der Waals surface area (Å²) in [7, 11) is 0. The number of nitrogens with one attached hydrogen (secondary N) is 2. The van der Waals surface area contributed by atoms with E-state index in [4.69, 9.17) is 0 Å². The molecule has 0 saturated carbocycles. The fraction of sp³-hybridized carbons (Fsp3) is 0.300. The highest BCUT2D eigenvalue weighted by molar-refractivity contribution is 6.01. The number of nitrogens with zero attached hydrogens (tertiary/aromatic N) is 1. The van der Waals surface area contributed by atoms with Gasteiger partial charge in [-0.1, -0.05) is 54.1 Å². The van der Waals surface area contributed by atoms with Gasteiger partial charge < -0.3 is 15.5 Å². The van der Waals surface area contributed by atoms with Crippen molar-refractivity contribution in [3.8, 4) is 0 Å². The lowest BCUT2D eigenvalue weighted by atomic mass is 9.78. The lowest BCUT2D eigenvalue weighted by Gasteiger charge is -2.30. The van der Waals surface area contributed by atoms with Crippen molar-refractivity contribution in [1.82, 2.24) is 0 Å². The summed E-state index contributed by atoms with van der Waals surface area (Å²) >= 11 is 0. The molecule has 3 aromatic rings. The highest BCUT2D eigenvalue weighted by atomic mass is 16.1.